The van der Waals surface area contributed by atoms with E-state index in [4.69, 9.17) is 9.84 Å². The molecular formula is C17H25NO3. The van der Waals surface area contributed by atoms with Crippen LogP contribution in [0.5, 0.6) is 0 Å². The van der Waals surface area contributed by atoms with Crippen molar-refractivity contribution in [2.24, 2.45) is 5.92 Å². The molecule has 0 saturated heterocycles. The zero-order valence-corrected chi connectivity index (χ0v) is 12.7. The first-order chi connectivity index (χ1) is 10.2. The number of carboxylic acid groups (broad SMARTS) is 1. The van der Waals surface area contributed by atoms with Gasteiger partial charge in [-0.05, 0) is 62.3 Å². The average Bonchev–Trinajstić information content (AvgIpc) is 2.52. The maximum Gasteiger partial charge on any atom is 0.335 e. The fourth-order valence-electron chi connectivity index (χ4n) is 3.01. The Bertz CT molecular complexity index is 453. The summed E-state index contributed by atoms with van der Waals surface area (Å²) in [6.45, 7) is 1.72. The number of carbonyl (C=O) groups is 1. The number of hydrogen-bond donors (Lipinski definition) is 2. The van der Waals surface area contributed by atoms with Crippen LogP contribution in [0.2, 0.25) is 0 Å². The van der Waals surface area contributed by atoms with E-state index in [2.05, 4.69) is 5.32 Å². The van der Waals surface area contributed by atoms with Crippen LogP contribution in [0.15, 0.2) is 24.3 Å². The van der Waals surface area contributed by atoms with E-state index in [0.717, 1.165) is 24.6 Å². The minimum atomic E-state index is -0.869. The molecule has 1 aromatic rings. The summed E-state index contributed by atoms with van der Waals surface area (Å²) < 4.78 is 5.39. The van der Waals surface area contributed by atoms with Crippen LogP contribution in [0.4, 0.5) is 0 Å². The lowest BCUT2D eigenvalue weighted by Crippen LogP contribution is -2.24. The Balaban J connectivity index is 1.66. The molecule has 0 unspecified atom stereocenters. The van der Waals surface area contributed by atoms with E-state index in [1.54, 1.807) is 25.3 Å². The highest BCUT2D eigenvalue weighted by Gasteiger charge is 2.20. The standard InChI is InChI=1S/C17H25NO3/c1-21-16-7-5-13(6-8-16)9-10-18-12-14-3-2-4-15(11-14)17(19)20/h2-4,11,13,16,18H,5-10,12H2,1H3,(H,19,20). The van der Waals surface area contributed by atoms with Gasteiger partial charge >= 0.3 is 5.97 Å². The molecule has 0 amide bonds. The molecular weight excluding hydrogens is 266 g/mol. The van der Waals surface area contributed by atoms with Crippen molar-refractivity contribution >= 4 is 5.97 Å². The van der Waals surface area contributed by atoms with Gasteiger partial charge in [0.25, 0.3) is 0 Å². The van der Waals surface area contributed by atoms with Gasteiger partial charge in [0, 0.05) is 13.7 Å². The molecule has 0 aliphatic heterocycles. The summed E-state index contributed by atoms with van der Waals surface area (Å²) in [7, 11) is 1.80. The second kappa shape index (κ2) is 8.15. The number of rotatable bonds is 7. The quantitative estimate of drug-likeness (QED) is 0.758. The Labute approximate surface area is 126 Å². The second-order valence-corrected chi connectivity index (χ2v) is 5.85. The molecule has 1 saturated carbocycles. The summed E-state index contributed by atoms with van der Waals surface area (Å²) in [5.74, 6) is -0.0685. The molecule has 4 heteroatoms. The van der Waals surface area contributed by atoms with Gasteiger partial charge in [0.2, 0.25) is 0 Å². The van der Waals surface area contributed by atoms with Crippen LogP contribution in [0.1, 0.15) is 48.0 Å². The number of methoxy groups -OCH3 is 1. The van der Waals surface area contributed by atoms with E-state index in [0.29, 0.717) is 11.7 Å². The Morgan fingerprint density at radius 3 is 2.76 bits per heavy atom. The fourth-order valence-corrected chi connectivity index (χ4v) is 3.01. The summed E-state index contributed by atoms with van der Waals surface area (Å²) in [5, 5.41) is 12.4. The number of ether oxygens (including phenoxy) is 1. The van der Waals surface area contributed by atoms with Crippen LogP contribution in [-0.2, 0) is 11.3 Å². The van der Waals surface area contributed by atoms with Crippen LogP contribution >= 0.6 is 0 Å². The van der Waals surface area contributed by atoms with Crippen LogP contribution in [0.25, 0.3) is 0 Å². The maximum absolute atomic E-state index is 10.9. The van der Waals surface area contributed by atoms with E-state index < -0.39 is 5.97 Å². The summed E-state index contributed by atoms with van der Waals surface area (Å²) in [5.41, 5.74) is 1.38. The van der Waals surface area contributed by atoms with Crippen molar-refractivity contribution in [1.29, 1.82) is 0 Å². The average molecular weight is 291 g/mol. The van der Waals surface area contributed by atoms with Gasteiger partial charge in [-0.25, -0.2) is 4.79 Å². The topological polar surface area (TPSA) is 58.6 Å². The number of nitrogens with one attached hydrogen (secondary N) is 1. The lowest BCUT2D eigenvalue weighted by Gasteiger charge is -2.27. The van der Waals surface area contributed by atoms with E-state index in [1.165, 1.54) is 32.1 Å². The van der Waals surface area contributed by atoms with Crippen molar-refractivity contribution in [2.75, 3.05) is 13.7 Å². The summed E-state index contributed by atoms with van der Waals surface area (Å²) in [4.78, 5) is 10.9. The minimum Gasteiger partial charge on any atom is -0.478 e. The van der Waals surface area contributed by atoms with Crippen molar-refractivity contribution < 1.29 is 14.6 Å². The molecule has 0 spiro atoms. The van der Waals surface area contributed by atoms with E-state index in [1.807, 2.05) is 6.07 Å². The zero-order chi connectivity index (χ0) is 15.1. The van der Waals surface area contributed by atoms with Crippen molar-refractivity contribution in [2.45, 2.75) is 44.8 Å². The molecule has 0 atom stereocenters. The van der Waals surface area contributed by atoms with E-state index >= 15 is 0 Å². The van der Waals surface area contributed by atoms with E-state index in [9.17, 15) is 4.79 Å². The summed E-state index contributed by atoms with van der Waals surface area (Å²) in [6.07, 6.45) is 6.54. The van der Waals surface area contributed by atoms with Crippen molar-refractivity contribution in [3.63, 3.8) is 0 Å². The van der Waals surface area contributed by atoms with Gasteiger partial charge < -0.3 is 15.2 Å². The van der Waals surface area contributed by atoms with Crippen LogP contribution < -0.4 is 5.32 Å². The van der Waals surface area contributed by atoms with Crippen LogP contribution in [0.3, 0.4) is 0 Å². The highest BCUT2D eigenvalue weighted by Crippen LogP contribution is 2.27. The molecule has 0 heterocycles. The fraction of sp³-hybridized carbons (Fsp3) is 0.588. The first-order valence-corrected chi connectivity index (χ1v) is 7.74. The largest absolute Gasteiger partial charge is 0.478 e. The molecule has 2 N–H and O–H groups in total. The van der Waals surface area contributed by atoms with Crippen molar-refractivity contribution in [3.8, 4) is 0 Å². The number of benzene rings is 1. The molecule has 0 bridgehead atoms. The lowest BCUT2D eigenvalue weighted by atomic mass is 9.85. The van der Waals surface area contributed by atoms with Gasteiger partial charge in [-0.15, -0.1) is 0 Å². The number of hydrogen-bond acceptors (Lipinski definition) is 3. The smallest absolute Gasteiger partial charge is 0.335 e. The predicted octanol–water partition coefficient (Wildman–Crippen LogP) is 3.07. The van der Waals surface area contributed by atoms with Gasteiger partial charge in [0.1, 0.15) is 0 Å². The second-order valence-electron chi connectivity index (χ2n) is 5.85. The third-order valence-corrected chi connectivity index (χ3v) is 4.36. The van der Waals surface area contributed by atoms with Gasteiger partial charge in [0.15, 0.2) is 0 Å². The van der Waals surface area contributed by atoms with Gasteiger partial charge in [-0.1, -0.05) is 12.1 Å². The van der Waals surface area contributed by atoms with Gasteiger partial charge in [-0.2, -0.15) is 0 Å². The molecule has 21 heavy (non-hydrogen) atoms. The molecule has 116 valence electrons. The monoisotopic (exact) mass is 291 g/mol. The highest BCUT2D eigenvalue weighted by molar-refractivity contribution is 5.87. The number of aromatic carboxylic acids is 1. The third-order valence-electron chi connectivity index (χ3n) is 4.36. The molecule has 2 rings (SSSR count). The Kier molecular flexibility index (Phi) is 6.21. The molecule has 1 fully saturated rings. The molecule has 1 aliphatic rings. The van der Waals surface area contributed by atoms with Crippen LogP contribution in [0, 0.1) is 5.92 Å². The van der Waals surface area contributed by atoms with E-state index in [-0.39, 0.29) is 0 Å². The van der Waals surface area contributed by atoms with Gasteiger partial charge in [-0.3, -0.25) is 0 Å². The first kappa shape index (κ1) is 16.0. The molecule has 1 aromatic carbocycles. The molecule has 0 radical (unpaired) electrons. The highest BCUT2D eigenvalue weighted by atomic mass is 16.5. The molecule has 4 nitrogen and oxygen atoms in total. The molecule has 0 aromatic heterocycles. The Morgan fingerprint density at radius 1 is 1.33 bits per heavy atom. The Morgan fingerprint density at radius 2 is 2.10 bits per heavy atom. The maximum atomic E-state index is 10.9. The SMILES string of the molecule is COC1CCC(CCNCc2cccc(C(=O)O)c2)CC1. The van der Waals surface area contributed by atoms with Crippen molar-refractivity contribution in [1.82, 2.24) is 5.32 Å². The van der Waals surface area contributed by atoms with Crippen molar-refractivity contribution in [3.05, 3.63) is 35.4 Å². The lowest BCUT2D eigenvalue weighted by molar-refractivity contribution is 0.0556. The zero-order valence-electron chi connectivity index (χ0n) is 12.7. The number of carboxylic acids is 1. The summed E-state index contributed by atoms with van der Waals surface area (Å²) >= 11 is 0. The predicted molar refractivity (Wildman–Crippen MR) is 82.5 cm³/mol. The normalized spacial score (nSPS) is 22.1. The van der Waals surface area contributed by atoms with Crippen LogP contribution in [-0.4, -0.2) is 30.8 Å². The third kappa shape index (κ3) is 5.14. The Hall–Kier alpha value is -1.39. The van der Waals surface area contributed by atoms with Gasteiger partial charge in [0.05, 0.1) is 11.7 Å². The summed E-state index contributed by atoms with van der Waals surface area (Å²) in [6, 6.07) is 7.12. The minimum absolute atomic E-state index is 0.354. The molecule has 1 aliphatic carbocycles. The first-order valence-electron chi connectivity index (χ1n) is 7.74.